The third-order valence-corrected chi connectivity index (χ3v) is 17.4. The van der Waals surface area contributed by atoms with Crippen molar-refractivity contribution in [1.82, 2.24) is 24.1 Å². The number of furan rings is 1. The predicted molar refractivity (Wildman–Crippen MR) is 360 cm³/mol. The minimum absolute atomic E-state index is 0.0186. The molecule has 1 atom stereocenters. The van der Waals surface area contributed by atoms with E-state index < -0.39 is 0 Å². The number of aromatic nitrogens is 5. The lowest BCUT2D eigenvalue weighted by Gasteiger charge is -2.21. The summed E-state index contributed by atoms with van der Waals surface area (Å²) in [4.78, 5) is 19.2. The van der Waals surface area contributed by atoms with Crippen LogP contribution in [0, 0.1) is 0 Å². The molecule has 0 bridgehead atoms. The van der Waals surface area contributed by atoms with Crippen molar-refractivity contribution >= 4 is 66.4 Å². The van der Waals surface area contributed by atoms with E-state index in [1.807, 2.05) is 56.0 Å². The van der Waals surface area contributed by atoms with Crippen LogP contribution >= 0.6 is 0 Å². The summed E-state index contributed by atoms with van der Waals surface area (Å²) >= 11 is 0. The van der Waals surface area contributed by atoms with Gasteiger partial charge >= 0.3 is 0 Å². The Labute approximate surface area is 503 Å². The highest BCUT2D eigenvalue weighted by Gasteiger charge is 2.27. The molecule has 0 amide bonds. The van der Waals surface area contributed by atoms with Gasteiger partial charge < -0.3 is 13.6 Å². The Kier molecular flexibility index (Phi) is 12.6. The number of fused-ring (bicyclic) bond motifs is 9. The zero-order chi connectivity index (χ0) is 58.0. The van der Waals surface area contributed by atoms with Gasteiger partial charge in [0.15, 0.2) is 0 Å². The fourth-order valence-corrected chi connectivity index (χ4v) is 13.4. The Balaban J connectivity index is 0.844. The van der Waals surface area contributed by atoms with Crippen LogP contribution in [0.15, 0.2) is 289 Å². The SMILES string of the molecule is C/C=C\N=C(/C)c1ccccc1-c1ccc2c(c1)c1cc(-c3ccccc3-c3ccccn3)ccc1n2C1C=Cc2oc3ccc(-n4c5ccc(-c6ccccc6-c6ccccn6)cc5c5cc(-c6ccccc6-c6ccccn6)ccc54)cc3c2C1. The Morgan fingerprint density at radius 1 is 0.448 bits per heavy atom. The van der Waals surface area contributed by atoms with E-state index in [2.05, 4.69) is 253 Å². The number of aliphatic imine (C=N–C) groups is 1. The molecule has 0 fully saturated rings. The molecule has 87 heavy (non-hydrogen) atoms. The molecule has 1 unspecified atom stereocenters. The van der Waals surface area contributed by atoms with E-state index in [9.17, 15) is 0 Å². The summed E-state index contributed by atoms with van der Waals surface area (Å²) in [5.41, 5.74) is 25.0. The standard InChI is InChI=1S/C80H56N6O/c1-3-41-81-51(2)58-18-4-5-19-59(58)52-29-35-75-66(45-52)67-46-53(60-20-6-9-23-63(60)72-26-12-15-42-82-72)30-36-76(67)85(75)56-33-39-79-70(49-56)71-50-57(34-40-80(71)87-79)86-77-37-31-54(61-21-7-10-24-64(61)73-27-13-16-43-83-73)47-68(77)69-48-55(32-38-78(69)86)62-22-8-11-25-65(62)74-28-14-17-44-84-74/h3-48,50,56H,49H2,1-2H3/b41-3-,81-51+. The first-order valence-corrected chi connectivity index (χ1v) is 29.7. The van der Waals surface area contributed by atoms with Crippen LogP contribution in [-0.2, 0) is 6.42 Å². The van der Waals surface area contributed by atoms with Gasteiger partial charge in [0.2, 0.25) is 0 Å². The summed E-state index contributed by atoms with van der Waals surface area (Å²) in [6.45, 7) is 4.09. The van der Waals surface area contributed by atoms with Crippen LogP contribution < -0.4 is 0 Å². The maximum absolute atomic E-state index is 6.80. The maximum Gasteiger partial charge on any atom is 0.135 e. The Hall–Kier alpha value is -11.3. The second-order valence-electron chi connectivity index (χ2n) is 22.4. The molecule has 0 saturated carbocycles. The minimum atomic E-state index is -0.0186. The van der Waals surface area contributed by atoms with Gasteiger partial charge in [0, 0.05) is 108 Å². The first kappa shape index (κ1) is 51.4. The first-order chi connectivity index (χ1) is 43.0. The Morgan fingerprint density at radius 3 is 1.37 bits per heavy atom. The number of pyridine rings is 3. The van der Waals surface area contributed by atoms with Crippen molar-refractivity contribution in [3.8, 4) is 84.0 Å². The Morgan fingerprint density at radius 2 is 0.885 bits per heavy atom. The molecule has 6 aromatic heterocycles. The number of rotatable bonds is 11. The molecular formula is C80H56N6O. The molecule has 0 saturated heterocycles. The topological polar surface area (TPSA) is 74.0 Å². The minimum Gasteiger partial charge on any atom is -0.456 e. The van der Waals surface area contributed by atoms with Crippen molar-refractivity contribution in [3.63, 3.8) is 0 Å². The monoisotopic (exact) mass is 1120 g/mol. The third-order valence-electron chi connectivity index (χ3n) is 17.4. The van der Waals surface area contributed by atoms with E-state index in [1.165, 1.54) is 27.4 Å². The highest BCUT2D eigenvalue weighted by atomic mass is 16.3. The van der Waals surface area contributed by atoms with Gasteiger partial charge in [0.1, 0.15) is 11.3 Å². The van der Waals surface area contributed by atoms with Crippen LogP contribution in [0.5, 0.6) is 0 Å². The number of benzene rings is 9. The van der Waals surface area contributed by atoms with Gasteiger partial charge in [0.05, 0.1) is 34.2 Å². The molecule has 1 aliphatic carbocycles. The smallest absolute Gasteiger partial charge is 0.135 e. The van der Waals surface area contributed by atoms with E-state index in [0.29, 0.717) is 0 Å². The lowest BCUT2D eigenvalue weighted by Crippen LogP contribution is -2.12. The van der Waals surface area contributed by atoms with Gasteiger partial charge in [-0.2, -0.15) is 0 Å². The fraction of sp³-hybridized carbons (Fsp3) is 0.0500. The van der Waals surface area contributed by atoms with Crippen molar-refractivity contribution in [2.75, 3.05) is 0 Å². The third kappa shape index (κ3) is 8.90. The van der Waals surface area contributed by atoms with Gasteiger partial charge in [-0.1, -0.05) is 152 Å². The summed E-state index contributed by atoms with van der Waals surface area (Å²) in [7, 11) is 0. The normalized spacial score (nSPS) is 13.4. The van der Waals surface area contributed by atoms with Crippen LogP contribution in [0.1, 0.15) is 36.8 Å². The molecule has 7 heteroatoms. The van der Waals surface area contributed by atoms with Crippen molar-refractivity contribution in [2.24, 2.45) is 4.99 Å². The molecule has 6 heterocycles. The average molecular weight is 1120 g/mol. The second kappa shape index (κ2) is 21.4. The van der Waals surface area contributed by atoms with E-state index >= 15 is 0 Å². The molecule has 412 valence electrons. The molecule has 15 aromatic rings. The lowest BCUT2D eigenvalue weighted by atomic mass is 9.94. The van der Waals surface area contributed by atoms with Crippen molar-refractivity contribution in [3.05, 3.63) is 296 Å². The maximum atomic E-state index is 6.80. The zero-order valence-corrected chi connectivity index (χ0v) is 48.0. The number of nitrogens with zero attached hydrogens (tertiary/aromatic N) is 6. The highest BCUT2D eigenvalue weighted by molar-refractivity contribution is 6.14. The number of hydrogen-bond acceptors (Lipinski definition) is 5. The molecule has 0 radical (unpaired) electrons. The predicted octanol–water partition coefficient (Wildman–Crippen LogP) is 20.6. The van der Waals surface area contributed by atoms with Crippen LogP contribution in [-0.4, -0.2) is 29.8 Å². The van der Waals surface area contributed by atoms with E-state index in [0.717, 1.165) is 140 Å². The van der Waals surface area contributed by atoms with E-state index in [1.54, 1.807) is 0 Å². The van der Waals surface area contributed by atoms with Crippen molar-refractivity contribution in [1.29, 1.82) is 0 Å². The molecule has 16 rings (SSSR count). The van der Waals surface area contributed by atoms with Crippen LogP contribution in [0.4, 0.5) is 0 Å². The number of allylic oxidation sites excluding steroid dienone is 2. The summed E-state index contributed by atoms with van der Waals surface area (Å²) in [5.74, 6) is 0.899. The summed E-state index contributed by atoms with van der Waals surface area (Å²) in [6.07, 6.45) is 14.7. The van der Waals surface area contributed by atoms with Crippen molar-refractivity contribution in [2.45, 2.75) is 26.3 Å². The summed E-state index contributed by atoms with van der Waals surface area (Å²) in [5, 5.41) is 5.80. The zero-order valence-electron chi connectivity index (χ0n) is 48.0. The molecule has 0 aliphatic heterocycles. The van der Waals surface area contributed by atoms with E-state index in [4.69, 9.17) is 24.4 Å². The summed E-state index contributed by atoms with van der Waals surface area (Å²) in [6, 6.07) is 87.3. The lowest BCUT2D eigenvalue weighted by molar-refractivity contribution is 0.572. The Bertz CT molecular complexity index is 5140. The summed E-state index contributed by atoms with van der Waals surface area (Å²) < 4.78 is 11.8. The van der Waals surface area contributed by atoms with Gasteiger partial charge in [-0.15, -0.1) is 0 Å². The van der Waals surface area contributed by atoms with Gasteiger partial charge in [-0.05, 0) is 168 Å². The highest BCUT2D eigenvalue weighted by Crippen LogP contribution is 2.45. The quantitative estimate of drug-likeness (QED) is 0.121. The van der Waals surface area contributed by atoms with Crippen LogP contribution in [0.25, 0.3) is 145 Å². The van der Waals surface area contributed by atoms with Gasteiger partial charge in [-0.25, -0.2) is 0 Å². The van der Waals surface area contributed by atoms with Gasteiger partial charge in [-0.3, -0.25) is 19.9 Å². The van der Waals surface area contributed by atoms with Crippen LogP contribution in [0.2, 0.25) is 0 Å². The van der Waals surface area contributed by atoms with Crippen LogP contribution in [0.3, 0.4) is 0 Å². The fourth-order valence-electron chi connectivity index (χ4n) is 13.4. The molecular weight excluding hydrogens is 1060 g/mol. The molecule has 7 nitrogen and oxygen atoms in total. The average Bonchev–Trinajstić information content (AvgIpc) is 1.83. The largest absolute Gasteiger partial charge is 0.456 e. The molecule has 9 aromatic carbocycles. The number of hydrogen-bond donors (Lipinski definition) is 0. The van der Waals surface area contributed by atoms with E-state index in [-0.39, 0.29) is 6.04 Å². The molecule has 1 aliphatic rings. The van der Waals surface area contributed by atoms with Gasteiger partial charge in [0.25, 0.3) is 0 Å². The molecule has 0 spiro atoms. The molecule has 0 N–H and O–H groups in total. The first-order valence-electron chi connectivity index (χ1n) is 29.7. The second-order valence-corrected chi connectivity index (χ2v) is 22.4. The van der Waals surface area contributed by atoms with Crippen molar-refractivity contribution < 1.29 is 4.42 Å².